The first-order valence-corrected chi connectivity index (χ1v) is 15.1. The molecule has 0 bridgehead atoms. The molecule has 4 aromatic rings. The molecule has 0 aliphatic heterocycles. The molecule has 9 heteroatoms. The molecule has 224 valence electrons. The van der Waals surface area contributed by atoms with Gasteiger partial charge < -0.3 is 9.47 Å². The Morgan fingerprint density at radius 2 is 1.88 bits per heavy atom. The molecule has 0 amide bonds. The molecule has 0 radical (unpaired) electrons. The Labute approximate surface area is 250 Å². The number of benzene rings is 2. The monoisotopic (exact) mass is 584 g/mol. The van der Waals surface area contributed by atoms with Gasteiger partial charge in [0.1, 0.15) is 18.1 Å². The lowest BCUT2D eigenvalue weighted by molar-refractivity contribution is -0.151. The maximum atomic E-state index is 15.5. The highest BCUT2D eigenvalue weighted by atomic mass is 19.1. The average molecular weight is 585 g/mol. The summed E-state index contributed by atoms with van der Waals surface area (Å²) in [5, 5.41) is 14.1. The molecule has 0 unspecified atom stereocenters. The molecule has 2 heterocycles. The number of carbonyl (C=O) groups excluding carboxylic acids is 1. The van der Waals surface area contributed by atoms with Crippen LogP contribution < -0.4 is 5.56 Å². The summed E-state index contributed by atoms with van der Waals surface area (Å²) in [4.78, 5) is 26.0. The van der Waals surface area contributed by atoms with Crippen LogP contribution in [0.2, 0.25) is 0 Å². The Morgan fingerprint density at radius 1 is 1.09 bits per heavy atom. The van der Waals surface area contributed by atoms with Gasteiger partial charge in [0.25, 0.3) is 5.56 Å². The third-order valence-corrected chi connectivity index (χ3v) is 8.22. The molecule has 1 aliphatic carbocycles. The molecule has 1 aliphatic rings. The third kappa shape index (κ3) is 6.55. The van der Waals surface area contributed by atoms with E-state index in [0.29, 0.717) is 40.8 Å². The normalized spacial score (nSPS) is 16.7. The van der Waals surface area contributed by atoms with E-state index in [1.807, 2.05) is 21.2 Å². The standard InChI is InChI=1S/C34H37FN4O4/c1-3-5-10-31-29(19-23-11-16-28(30(35)20-23)27-9-7-6-8-24(27)21-36)34(41)38(32-17-18-37-39(31)32)25-12-14-26(15-13-25)43-22-33(40)42-4-2/h6-9,11,16-18,20,25-26H,3-5,10,12-15,19,22H2,1-2H3. The molecular formula is C34H37FN4O4. The lowest BCUT2D eigenvalue weighted by Crippen LogP contribution is -2.35. The lowest BCUT2D eigenvalue weighted by atomic mass is 9.92. The predicted molar refractivity (Wildman–Crippen MR) is 161 cm³/mol. The number of unbranched alkanes of at least 4 members (excludes halogenated alkanes) is 1. The fraction of sp³-hybridized carbons (Fsp3) is 0.412. The summed E-state index contributed by atoms with van der Waals surface area (Å²) in [7, 11) is 0. The number of aromatic nitrogens is 3. The molecule has 2 aromatic carbocycles. The third-order valence-electron chi connectivity index (χ3n) is 8.22. The van der Waals surface area contributed by atoms with Crippen molar-refractivity contribution in [3.05, 3.63) is 93.3 Å². The summed E-state index contributed by atoms with van der Waals surface area (Å²) in [6.45, 7) is 4.13. The van der Waals surface area contributed by atoms with Gasteiger partial charge in [0.2, 0.25) is 0 Å². The van der Waals surface area contributed by atoms with Gasteiger partial charge in [-0.3, -0.25) is 9.36 Å². The number of esters is 1. The Kier molecular flexibility index (Phi) is 9.68. The summed E-state index contributed by atoms with van der Waals surface area (Å²) in [5.74, 6) is -0.801. The molecule has 5 rings (SSSR count). The van der Waals surface area contributed by atoms with Crippen molar-refractivity contribution in [3.63, 3.8) is 0 Å². The number of carbonyl (C=O) groups is 1. The molecule has 0 spiro atoms. The van der Waals surface area contributed by atoms with Gasteiger partial charge in [-0.1, -0.05) is 43.7 Å². The first-order chi connectivity index (χ1) is 20.9. The zero-order valence-electron chi connectivity index (χ0n) is 24.7. The minimum atomic E-state index is -0.433. The summed E-state index contributed by atoms with van der Waals surface area (Å²) < 4.78 is 30.0. The summed E-state index contributed by atoms with van der Waals surface area (Å²) in [6.07, 6.45) is 7.37. The minimum Gasteiger partial charge on any atom is -0.464 e. The molecule has 1 fully saturated rings. The van der Waals surface area contributed by atoms with E-state index in [2.05, 4.69) is 18.1 Å². The average Bonchev–Trinajstić information content (AvgIpc) is 3.50. The summed E-state index contributed by atoms with van der Waals surface area (Å²) >= 11 is 0. The molecule has 1 saturated carbocycles. The van der Waals surface area contributed by atoms with Crippen LogP contribution in [-0.4, -0.2) is 39.5 Å². The second-order valence-electron chi connectivity index (χ2n) is 11.0. The molecule has 0 N–H and O–H groups in total. The van der Waals surface area contributed by atoms with Crippen molar-refractivity contribution >= 4 is 11.6 Å². The quantitative estimate of drug-likeness (QED) is 0.196. The largest absolute Gasteiger partial charge is 0.464 e. The fourth-order valence-electron chi connectivity index (χ4n) is 6.08. The van der Waals surface area contributed by atoms with E-state index in [1.54, 1.807) is 43.5 Å². The summed E-state index contributed by atoms with van der Waals surface area (Å²) in [6, 6.07) is 15.9. The van der Waals surface area contributed by atoms with Gasteiger partial charge in [0, 0.05) is 35.2 Å². The zero-order valence-corrected chi connectivity index (χ0v) is 24.7. The van der Waals surface area contributed by atoms with Crippen LogP contribution in [-0.2, 0) is 27.1 Å². The zero-order chi connectivity index (χ0) is 30.3. The van der Waals surface area contributed by atoms with E-state index < -0.39 is 5.82 Å². The maximum Gasteiger partial charge on any atom is 0.332 e. The maximum absolute atomic E-state index is 15.5. The number of hydrogen-bond donors (Lipinski definition) is 0. The van der Waals surface area contributed by atoms with Crippen LogP contribution in [0.3, 0.4) is 0 Å². The Balaban J connectivity index is 1.46. The van der Waals surface area contributed by atoms with Crippen molar-refractivity contribution in [3.8, 4) is 17.2 Å². The van der Waals surface area contributed by atoms with Gasteiger partial charge in [0.15, 0.2) is 0 Å². The van der Waals surface area contributed by atoms with Crippen LogP contribution in [0, 0.1) is 17.1 Å². The van der Waals surface area contributed by atoms with Crippen molar-refractivity contribution in [1.82, 2.24) is 14.2 Å². The van der Waals surface area contributed by atoms with Gasteiger partial charge in [-0.05, 0) is 63.1 Å². The second-order valence-corrected chi connectivity index (χ2v) is 11.0. The van der Waals surface area contributed by atoms with E-state index in [9.17, 15) is 14.9 Å². The Morgan fingerprint density at radius 3 is 2.60 bits per heavy atom. The van der Waals surface area contributed by atoms with E-state index in [-0.39, 0.29) is 36.7 Å². The van der Waals surface area contributed by atoms with Gasteiger partial charge in [-0.25, -0.2) is 13.7 Å². The van der Waals surface area contributed by atoms with E-state index in [4.69, 9.17) is 9.47 Å². The summed E-state index contributed by atoms with van der Waals surface area (Å²) in [5.41, 5.74) is 4.14. The minimum absolute atomic E-state index is 0.0466. The predicted octanol–water partition coefficient (Wildman–Crippen LogP) is 6.17. The number of rotatable bonds is 11. The van der Waals surface area contributed by atoms with Crippen LogP contribution in [0.1, 0.15) is 80.8 Å². The fourth-order valence-corrected chi connectivity index (χ4v) is 6.08. The molecule has 43 heavy (non-hydrogen) atoms. The van der Waals surface area contributed by atoms with Crippen LogP contribution in [0.15, 0.2) is 59.5 Å². The Bertz CT molecular complexity index is 1700. The van der Waals surface area contributed by atoms with Crippen molar-refractivity contribution < 1.29 is 18.7 Å². The van der Waals surface area contributed by atoms with Crippen LogP contribution in [0.4, 0.5) is 4.39 Å². The topological polar surface area (TPSA) is 98.6 Å². The van der Waals surface area contributed by atoms with Crippen molar-refractivity contribution in [2.24, 2.45) is 0 Å². The van der Waals surface area contributed by atoms with Crippen LogP contribution in [0.5, 0.6) is 0 Å². The van der Waals surface area contributed by atoms with Gasteiger partial charge in [-0.15, -0.1) is 0 Å². The van der Waals surface area contributed by atoms with E-state index in [0.717, 1.165) is 49.9 Å². The lowest BCUT2D eigenvalue weighted by Gasteiger charge is -2.31. The van der Waals surface area contributed by atoms with Crippen molar-refractivity contribution in [1.29, 1.82) is 5.26 Å². The van der Waals surface area contributed by atoms with Gasteiger partial charge in [-0.2, -0.15) is 10.4 Å². The Hall–Kier alpha value is -4.29. The highest BCUT2D eigenvalue weighted by Crippen LogP contribution is 2.32. The van der Waals surface area contributed by atoms with E-state index >= 15 is 4.39 Å². The van der Waals surface area contributed by atoms with Crippen LogP contribution in [0.25, 0.3) is 16.8 Å². The number of nitriles is 1. The van der Waals surface area contributed by atoms with Crippen molar-refractivity contribution in [2.75, 3.05) is 13.2 Å². The highest BCUT2D eigenvalue weighted by molar-refractivity contribution is 5.71. The SMILES string of the molecule is CCCCc1c(Cc2ccc(-c3ccccc3C#N)c(F)c2)c(=O)n(C2CCC(OCC(=O)OCC)CC2)c2ccnn12. The number of nitrogens with zero attached hydrogens (tertiary/aromatic N) is 4. The van der Waals surface area contributed by atoms with Gasteiger partial charge in [0.05, 0.1) is 36.2 Å². The number of aryl methyl sites for hydroxylation is 1. The van der Waals surface area contributed by atoms with E-state index in [1.165, 1.54) is 6.07 Å². The molecule has 0 saturated heterocycles. The first-order valence-electron chi connectivity index (χ1n) is 15.1. The molecule has 0 atom stereocenters. The molecular weight excluding hydrogens is 547 g/mol. The van der Waals surface area contributed by atoms with Crippen molar-refractivity contribution in [2.45, 2.75) is 77.4 Å². The molecule has 2 aromatic heterocycles. The molecule has 8 nitrogen and oxygen atoms in total. The second kappa shape index (κ2) is 13.8. The number of ether oxygens (including phenoxy) is 2. The number of hydrogen-bond acceptors (Lipinski definition) is 6. The smallest absolute Gasteiger partial charge is 0.332 e. The first kappa shape index (κ1) is 30.2. The number of halogens is 1. The number of fused-ring (bicyclic) bond motifs is 1. The van der Waals surface area contributed by atoms with Crippen LogP contribution >= 0.6 is 0 Å². The van der Waals surface area contributed by atoms with Gasteiger partial charge >= 0.3 is 5.97 Å². The highest BCUT2D eigenvalue weighted by Gasteiger charge is 2.28.